The first-order valence-electron chi connectivity index (χ1n) is 9.17. The molecule has 2 aliphatic rings. The molecule has 1 N–H and O–H groups in total. The highest BCUT2D eigenvalue weighted by Gasteiger charge is 2.72. The number of fused-ring (bicyclic) bond motifs is 2. The third-order valence-electron chi connectivity index (χ3n) is 5.98. The van der Waals surface area contributed by atoms with E-state index in [2.05, 4.69) is 9.97 Å². The van der Waals surface area contributed by atoms with E-state index >= 15 is 0 Å². The van der Waals surface area contributed by atoms with Crippen molar-refractivity contribution in [3.8, 4) is 16.9 Å². The number of aromatic nitrogens is 2. The number of nitrogens with zero attached hydrogens (tertiary/aromatic N) is 3. The predicted molar refractivity (Wildman–Crippen MR) is 106 cm³/mol. The summed E-state index contributed by atoms with van der Waals surface area (Å²) in [5.41, 5.74) is 2.97. The molecule has 0 aromatic carbocycles. The first kappa shape index (κ1) is 17.3. The Balaban J connectivity index is 1.51. The van der Waals surface area contributed by atoms with Crippen LogP contribution in [0.5, 0.6) is 5.75 Å². The molecule has 28 heavy (non-hydrogen) atoms. The Labute approximate surface area is 165 Å². The van der Waals surface area contributed by atoms with Crippen LogP contribution in [0, 0.1) is 24.2 Å². The molecule has 3 aromatic heterocycles. The maximum absolute atomic E-state index is 12.6. The van der Waals surface area contributed by atoms with Gasteiger partial charge in [0, 0.05) is 27.9 Å². The number of pyridine rings is 2. The molecule has 6 nitrogen and oxygen atoms in total. The van der Waals surface area contributed by atoms with E-state index < -0.39 is 0 Å². The highest BCUT2D eigenvalue weighted by atomic mass is 32.1. The average Bonchev–Trinajstić information content (AvgIpc) is 2.91. The van der Waals surface area contributed by atoms with Gasteiger partial charge in [0.25, 0.3) is 0 Å². The molecule has 4 heterocycles. The van der Waals surface area contributed by atoms with E-state index in [4.69, 9.17) is 0 Å². The van der Waals surface area contributed by atoms with Gasteiger partial charge in [-0.2, -0.15) is 0 Å². The topological polar surface area (TPSA) is 83.4 Å². The van der Waals surface area contributed by atoms with Gasteiger partial charge in [0.1, 0.15) is 5.75 Å². The molecule has 1 saturated carbocycles. The standard InChI is InChI=1S/C21H19N3O3S/c1-10-6-13(15(25)8-23-10)12-4-5-22-14-7-11(28-18(12)14)9-24-19(26)16-17(20(24)27)21(16,2)3/h4-8,16-17,25H,9H2,1-3H3. The van der Waals surface area contributed by atoms with E-state index in [1.807, 2.05) is 39.0 Å². The molecule has 1 aliphatic carbocycles. The number of amides is 2. The summed E-state index contributed by atoms with van der Waals surface area (Å²) in [5, 5.41) is 10.3. The summed E-state index contributed by atoms with van der Waals surface area (Å²) < 4.78 is 0.919. The fourth-order valence-corrected chi connectivity index (χ4v) is 5.49. The highest BCUT2D eigenvalue weighted by Crippen LogP contribution is 2.63. The van der Waals surface area contributed by atoms with Crippen LogP contribution in [0.2, 0.25) is 0 Å². The molecule has 2 fully saturated rings. The van der Waals surface area contributed by atoms with E-state index in [1.54, 1.807) is 6.20 Å². The van der Waals surface area contributed by atoms with E-state index in [0.29, 0.717) is 5.56 Å². The number of piperidine rings is 1. The van der Waals surface area contributed by atoms with Gasteiger partial charge < -0.3 is 5.11 Å². The van der Waals surface area contributed by atoms with E-state index in [-0.39, 0.29) is 41.4 Å². The van der Waals surface area contributed by atoms with E-state index in [9.17, 15) is 14.7 Å². The van der Waals surface area contributed by atoms with Crippen molar-refractivity contribution in [3.05, 3.63) is 41.2 Å². The molecule has 0 bridgehead atoms. The molecule has 142 valence electrons. The third kappa shape index (κ3) is 2.32. The summed E-state index contributed by atoms with van der Waals surface area (Å²) >= 11 is 1.50. The lowest BCUT2D eigenvalue weighted by Crippen LogP contribution is -2.35. The second kappa shape index (κ2) is 5.61. The highest BCUT2D eigenvalue weighted by molar-refractivity contribution is 7.19. The molecule has 3 aromatic rings. The van der Waals surface area contributed by atoms with Gasteiger partial charge in [-0.05, 0) is 30.5 Å². The number of thiophene rings is 1. The van der Waals surface area contributed by atoms with Crippen LogP contribution in [0.1, 0.15) is 24.4 Å². The minimum absolute atomic E-state index is 0.0620. The second-order valence-corrected chi connectivity index (χ2v) is 9.30. The summed E-state index contributed by atoms with van der Waals surface area (Å²) in [6, 6.07) is 5.62. The van der Waals surface area contributed by atoms with Crippen molar-refractivity contribution in [2.75, 3.05) is 0 Å². The number of aromatic hydroxyl groups is 1. The molecular formula is C21H19N3O3S. The molecule has 1 saturated heterocycles. The van der Waals surface area contributed by atoms with Gasteiger partial charge >= 0.3 is 0 Å². The van der Waals surface area contributed by atoms with Gasteiger partial charge in [0.15, 0.2) is 0 Å². The van der Waals surface area contributed by atoms with E-state index in [1.165, 1.54) is 22.4 Å². The van der Waals surface area contributed by atoms with Crippen LogP contribution in [-0.2, 0) is 16.1 Å². The summed E-state index contributed by atoms with van der Waals surface area (Å²) in [6.45, 7) is 6.11. The number of aryl methyl sites for hydroxylation is 1. The first-order chi connectivity index (χ1) is 13.3. The van der Waals surface area contributed by atoms with Gasteiger partial charge in [0.05, 0.1) is 34.8 Å². The normalized spacial score (nSPS) is 22.8. The van der Waals surface area contributed by atoms with Gasteiger partial charge in [-0.25, -0.2) is 0 Å². The fraction of sp³-hybridized carbons (Fsp3) is 0.333. The summed E-state index contributed by atoms with van der Waals surface area (Å²) in [6.07, 6.45) is 3.15. The Morgan fingerprint density at radius 2 is 1.86 bits per heavy atom. The van der Waals surface area contributed by atoms with Crippen LogP contribution in [0.15, 0.2) is 30.6 Å². The SMILES string of the molecule is Cc1cc(-c2ccnc3cc(CN4C(=O)C5C(C4=O)C5(C)C)sc23)c(O)cn1. The van der Waals surface area contributed by atoms with Crippen LogP contribution in [0.25, 0.3) is 21.3 Å². The fourth-order valence-electron chi connectivity index (χ4n) is 4.36. The summed E-state index contributed by atoms with van der Waals surface area (Å²) in [4.78, 5) is 36.1. The average molecular weight is 393 g/mol. The molecule has 5 rings (SSSR count). The number of likely N-dealkylation sites (tertiary alicyclic amines) is 1. The lowest BCUT2D eigenvalue weighted by molar-refractivity contribution is -0.143. The number of imide groups is 1. The van der Waals surface area contributed by atoms with Crippen LogP contribution in [-0.4, -0.2) is 31.8 Å². The van der Waals surface area contributed by atoms with Crippen molar-refractivity contribution < 1.29 is 14.7 Å². The monoisotopic (exact) mass is 393 g/mol. The maximum atomic E-state index is 12.6. The molecule has 0 radical (unpaired) electrons. The Morgan fingerprint density at radius 1 is 1.14 bits per heavy atom. The van der Waals surface area contributed by atoms with Gasteiger partial charge in [-0.15, -0.1) is 11.3 Å². The van der Waals surface area contributed by atoms with Crippen LogP contribution in [0.3, 0.4) is 0 Å². The molecular weight excluding hydrogens is 374 g/mol. The minimum Gasteiger partial charge on any atom is -0.506 e. The maximum Gasteiger partial charge on any atom is 0.234 e. The zero-order valence-corrected chi connectivity index (χ0v) is 16.6. The molecule has 2 atom stereocenters. The molecule has 0 spiro atoms. The van der Waals surface area contributed by atoms with Crippen molar-refractivity contribution in [2.24, 2.45) is 17.3 Å². The third-order valence-corrected chi connectivity index (χ3v) is 7.12. The lowest BCUT2D eigenvalue weighted by atomic mass is 10.1. The summed E-state index contributed by atoms with van der Waals surface area (Å²) in [7, 11) is 0. The molecule has 1 aliphatic heterocycles. The Morgan fingerprint density at radius 3 is 2.57 bits per heavy atom. The molecule has 7 heteroatoms. The Bertz CT molecular complexity index is 1140. The van der Waals surface area contributed by atoms with E-state index in [0.717, 1.165) is 26.4 Å². The minimum atomic E-state index is -0.198. The first-order valence-corrected chi connectivity index (χ1v) is 9.99. The predicted octanol–water partition coefficient (Wildman–Crippen LogP) is 3.51. The second-order valence-electron chi connectivity index (χ2n) is 8.17. The van der Waals surface area contributed by atoms with Crippen molar-refractivity contribution in [1.29, 1.82) is 0 Å². The van der Waals surface area contributed by atoms with Crippen molar-refractivity contribution >= 4 is 33.4 Å². The van der Waals surface area contributed by atoms with Gasteiger partial charge in [-0.1, -0.05) is 13.8 Å². The Hall–Kier alpha value is -2.80. The van der Waals surface area contributed by atoms with Crippen LogP contribution >= 0.6 is 11.3 Å². The zero-order chi connectivity index (χ0) is 19.8. The summed E-state index contributed by atoms with van der Waals surface area (Å²) in [5.74, 6) is -0.346. The smallest absolute Gasteiger partial charge is 0.234 e. The number of rotatable bonds is 3. The quantitative estimate of drug-likeness (QED) is 0.689. The van der Waals surface area contributed by atoms with Gasteiger partial charge in [-0.3, -0.25) is 24.5 Å². The number of carbonyl (C=O) groups excluding carboxylic acids is 2. The van der Waals surface area contributed by atoms with Crippen molar-refractivity contribution in [2.45, 2.75) is 27.3 Å². The molecule has 2 amide bonds. The van der Waals surface area contributed by atoms with Crippen molar-refractivity contribution in [3.63, 3.8) is 0 Å². The number of carbonyl (C=O) groups is 2. The number of hydrogen-bond acceptors (Lipinski definition) is 6. The van der Waals surface area contributed by atoms with Gasteiger partial charge in [0.2, 0.25) is 11.8 Å². The largest absolute Gasteiger partial charge is 0.506 e. The van der Waals surface area contributed by atoms with Crippen LogP contribution < -0.4 is 0 Å². The lowest BCUT2D eigenvalue weighted by Gasteiger charge is -2.19. The molecule has 2 unspecified atom stereocenters. The van der Waals surface area contributed by atoms with Crippen LogP contribution in [0.4, 0.5) is 0 Å². The zero-order valence-electron chi connectivity index (χ0n) is 15.8. The van der Waals surface area contributed by atoms with Crippen molar-refractivity contribution in [1.82, 2.24) is 14.9 Å². The number of hydrogen-bond donors (Lipinski definition) is 1. The Kier molecular flexibility index (Phi) is 3.47.